The second kappa shape index (κ2) is 3.91. The van der Waals surface area contributed by atoms with E-state index in [9.17, 15) is 5.11 Å². The Labute approximate surface area is 84.7 Å². The third-order valence-corrected chi connectivity index (χ3v) is 3.11. The lowest BCUT2D eigenvalue weighted by Crippen LogP contribution is -2.02. The standard InChI is InChI=1S/C12H17NO/c13-12-8-11(14)6-5-10(12)7-9-3-1-2-4-9/h5-6,8-9,14H,1-4,7,13H2. The van der Waals surface area contributed by atoms with Gasteiger partial charge in [-0.25, -0.2) is 0 Å². The number of hydrogen-bond acceptors (Lipinski definition) is 2. The monoisotopic (exact) mass is 191 g/mol. The first-order chi connectivity index (χ1) is 6.75. The summed E-state index contributed by atoms with van der Waals surface area (Å²) in [6, 6.07) is 5.31. The summed E-state index contributed by atoms with van der Waals surface area (Å²) in [5.41, 5.74) is 7.76. The number of phenols is 1. The molecule has 0 atom stereocenters. The van der Waals surface area contributed by atoms with Gasteiger partial charge in [0.05, 0.1) is 0 Å². The van der Waals surface area contributed by atoms with E-state index in [1.54, 1.807) is 12.1 Å². The minimum Gasteiger partial charge on any atom is -0.508 e. The maximum atomic E-state index is 9.22. The molecule has 0 amide bonds. The molecule has 1 aliphatic rings. The van der Waals surface area contributed by atoms with Gasteiger partial charge in [0.15, 0.2) is 0 Å². The van der Waals surface area contributed by atoms with E-state index in [0.29, 0.717) is 0 Å². The summed E-state index contributed by atoms with van der Waals surface area (Å²) in [5.74, 6) is 1.07. The first-order valence-electron chi connectivity index (χ1n) is 5.33. The van der Waals surface area contributed by atoms with E-state index in [1.165, 1.54) is 31.2 Å². The van der Waals surface area contributed by atoms with Gasteiger partial charge in [-0.1, -0.05) is 31.7 Å². The number of benzene rings is 1. The smallest absolute Gasteiger partial charge is 0.117 e. The molecule has 0 saturated heterocycles. The molecular formula is C12H17NO. The summed E-state index contributed by atoms with van der Waals surface area (Å²) in [7, 11) is 0. The Balaban J connectivity index is 2.08. The van der Waals surface area contributed by atoms with Crippen molar-refractivity contribution in [1.82, 2.24) is 0 Å². The van der Waals surface area contributed by atoms with Gasteiger partial charge in [0, 0.05) is 11.8 Å². The maximum absolute atomic E-state index is 9.22. The predicted molar refractivity (Wildman–Crippen MR) is 58.2 cm³/mol. The van der Waals surface area contributed by atoms with Crippen molar-refractivity contribution in [3.8, 4) is 5.75 Å². The van der Waals surface area contributed by atoms with Crippen LogP contribution in [0.15, 0.2) is 18.2 Å². The second-order valence-electron chi connectivity index (χ2n) is 4.24. The minimum absolute atomic E-state index is 0.262. The number of nitrogens with two attached hydrogens (primary N) is 1. The summed E-state index contributed by atoms with van der Waals surface area (Å²) in [6.07, 6.45) is 6.47. The first kappa shape index (κ1) is 9.38. The second-order valence-corrected chi connectivity index (χ2v) is 4.24. The molecule has 1 aromatic carbocycles. The quantitative estimate of drug-likeness (QED) is 0.706. The number of anilines is 1. The van der Waals surface area contributed by atoms with Gasteiger partial charge in [-0.2, -0.15) is 0 Å². The maximum Gasteiger partial charge on any atom is 0.117 e. The zero-order valence-corrected chi connectivity index (χ0v) is 8.37. The van der Waals surface area contributed by atoms with Crippen LogP contribution in [0.1, 0.15) is 31.2 Å². The zero-order valence-electron chi connectivity index (χ0n) is 8.37. The van der Waals surface area contributed by atoms with Gasteiger partial charge in [0.25, 0.3) is 0 Å². The van der Waals surface area contributed by atoms with Crippen molar-refractivity contribution in [3.05, 3.63) is 23.8 Å². The summed E-state index contributed by atoms with van der Waals surface area (Å²) in [4.78, 5) is 0. The van der Waals surface area contributed by atoms with Crippen molar-refractivity contribution in [1.29, 1.82) is 0 Å². The van der Waals surface area contributed by atoms with E-state index >= 15 is 0 Å². The molecular weight excluding hydrogens is 174 g/mol. The average molecular weight is 191 g/mol. The lowest BCUT2D eigenvalue weighted by atomic mass is 9.97. The van der Waals surface area contributed by atoms with Crippen LogP contribution < -0.4 is 5.73 Å². The van der Waals surface area contributed by atoms with Gasteiger partial charge in [-0.15, -0.1) is 0 Å². The number of phenolic OH excluding ortho intramolecular Hbond substituents is 1. The summed E-state index contributed by atoms with van der Waals surface area (Å²) < 4.78 is 0. The molecule has 0 bridgehead atoms. The van der Waals surface area contributed by atoms with Crippen molar-refractivity contribution in [3.63, 3.8) is 0 Å². The van der Waals surface area contributed by atoms with E-state index < -0.39 is 0 Å². The number of rotatable bonds is 2. The zero-order chi connectivity index (χ0) is 9.97. The molecule has 2 rings (SSSR count). The molecule has 1 saturated carbocycles. The van der Waals surface area contributed by atoms with Crippen LogP contribution in [0.4, 0.5) is 5.69 Å². The SMILES string of the molecule is Nc1cc(O)ccc1CC1CCCC1. The van der Waals surface area contributed by atoms with Crippen molar-refractivity contribution in [2.45, 2.75) is 32.1 Å². The lowest BCUT2D eigenvalue weighted by molar-refractivity contribution is 0.475. The Morgan fingerprint density at radius 3 is 2.64 bits per heavy atom. The largest absolute Gasteiger partial charge is 0.508 e. The van der Waals surface area contributed by atoms with Crippen molar-refractivity contribution in [2.75, 3.05) is 5.73 Å². The Bertz CT molecular complexity index is 316. The van der Waals surface area contributed by atoms with Gasteiger partial charge in [0.2, 0.25) is 0 Å². The van der Waals surface area contributed by atoms with Crippen LogP contribution in [0.25, 0.3) is 0 Å². The number of nitrogen functional groups attached to an aromatic ring is 1. The molecule has 0 heterocycles. The van der Waals surface area contributed by atoms with Crippen LogP contribution in [0, 0.1) is 5.92 Å². The third-order valence-electron chi connectivity index (χ3n) is 3.11. The molecule has 3 N–H and O–H groups in total. The van der Waals surface area contributed by atoms with E-state index in [0.717, 1.165) is 18.0 Å². The Kier molecular flexibility index (Phi) is 2.62. The third kappa shape index (κ3) is 2.00. The van der Waals surface area contributed by atoms with Gasteiger partial charge in [-0.05, 0) is 24.0 Å². The van der Waals surface area contributed by atoms with E-state index in [1.807, 2.05) is 6.07 Å². The highest BCUT2D eigenvalue weighted by atomic mass is 16.3. The minimum atomic E-state index is 0.262. The van der Waals surface area contributed by atoms with Crippen LogP contribution in [0.3, 0.4) is 0 Å². The van der Waals surface area contributed by atoms with Crippen molar-refractivity contribution in [2.24, 2.45) is 5.92 Å². The molecule has 1 fully saturated rings. The highest BCUT2D eigenvalue weighted by molar-refractivity contribution is 5.51. The van der Waals surface area contributed by atoms with Gasteiger partial charge in [-0.3, -0.25) is 0 Å². The molecule has 0 unspecified atom stereocenters. The Morgan fingerprint density at radius 2 is 2.00 bits per heavy atom. The molecule has 14 heavy (non-hydrogen) atoms. The summed E-state index contributed by atoms with van der Waals surface area (Å²) in [5, 5.41) is 9.22. The molecule has 1 aliphatic carbocycles. The van der Waals surface area contributed by atoms with E-state index in [-0.39, 0.29) is 5.75 Å². The lowest BCUT2D eigenvalue weighted by Gasteiger charge is -2.11. The molecule has 2 heteroatoms. The Hall–Kier alpha value is -1.18. The molecule has 1 aromatic rings. The topological polar surface area (TPSA) is 46.2 Å². The first-order valence-corrected chi connectivity index (χ1v) is 5.33. The molecule has 2 nitrogen and oxygen atoms in total. The van der Waals surface area contributed by atoms with Crippen molar-refractivity contribution >= 4 is 5.69 Å². The molecule has 0 spiro atoms. The molecule has 76 valence electrons. The van der Waals surface area contributed by atoms with Crippen LogP contribution in [0.2, 0.25) is 0 Å². The normalized spacial score (nSPS) is 17.4. The van der Waals surface area contributed by atoms with Crippen LogP contribution >= 0.6 is 0 Å². The highest BCUT2D eigenvalue weighted by Gasteiger charge is 2.16. The fourth-order valence-corrected chi connectivity index (χ4v) is 2.29. The van der Waals surface area contributed by atoms with Gasteiger partial charge in [0.1, 0.15) is 5.75 Å². The Morgan fingerprint density at radius 1 is 1.29 bits per heavy atom. The van der Waals surface area contributed by atoms with Crippen LogP contribution in [0.5, 0.6) is 5.75 Å². The average Bonchev–Trinajstić information content (AvgIpc) is 2.62. The highest BCUT2D eigenvalue weighted by Crippen LogP contribution is 2.30. The van der Waals surface area contributed by atoms with E-state index in [2.05, 4.69) is 0 Å². The fraction of sp³-hybridized carbons (Fsp3) is 0.500. The van der Waals surface area contributed by atoms with Crippen LogP contribution in [-0.4, -0.2) is 5.11 Å². The predicted octanol–water partition coefficient (Wildman–Crippen LogP) is 2.71. The number of aromatic hydroxyl groups is 1. The van der Waals surface area contributed by atoms with Crippen LogP contribution in [-0.2, 0) is 6.42 Å². The molecule has 0 aliphatic heterocycles. The molecule has 0 radical (unpaired) electrons. The van der Waals surface area contributed by atoms with Gasteiger partial charge >= 0.3 is 0 Å². The van der Waals surface area contributed by atoms with E-state index in [4.69, 9.17) is 5.73 Å². The summed E-state index contributed by atoms with van der Waals surface area (Å²) in [6.45, 7) is 0. The summed E-state index contributed by atoms with van der Waals surface area (Å²) >= 11 is 0. The van der Waals surface area contributed by atoms with Crippen molar-refractivity contribution < 1.29 is 5.11 Å². The number of hydrogen-bond donors (Lipinski definition) is 2. The van der Waals surface area contributed by atoms with Gasteiger partial charge < -0.3 is 10.8 Å². The fourth-order valence-electron chi connectivity index (χ4n) is 2.29. The molecule has 0 aromatic heterocycles.